The van der Waals surface area contributed by atoms with Crippen LogP contribution in [-0.2, 0) is 13.9 Å². The highest BCUT2D eigenvalue weighted by atomic mass is 31.2. The first-order chi connectivity index (χ1) is 11.7. The predicted octanol–water partition coefficient (Wildman–Crippen LogP) is 3.41. The van der Waals surface area contributed by atoms with Gasteiger partial charge in [0.2, 0.25) is 5.91 Å². The van der Waals surface area contributed by atoms with E-state index in [1.807, 2.05) is 0 Å². The minimum absolute atomic E-state index is 0.000283. The van der Waals surface area contributed by atoms with Crippen LogP contribution in [0, 0.1) is 0 Å². The summed E-state index contributed by atoms with van der Waals surface area (Å²) in [5.41, 5.74) is 0.514. The van der Waals surface area contributed by atoms with Crippen LogP contribution in [0.15, 0.2) is 24.3 Å². The molecule has 0 heterocycles. The van der Waals surface area contributed by atoms with Gasteiger partial charge < -0.3 is 20.2 Å². The number of aromatic hydroxyl groups is 1. The molecule has 0 saturated heterocycles. The molecule has 0 aromatic heterocycles. The Kier molecular flexibility index (Phi) is 9.14. The summed E-state index contributed by atoms with van der Waals surface area (Å²) < 4.78 is 15.8. The fraction of sp³-hybridized carbons (Fsp3) is 0.588. The molecule has 4 N–H and O–H groups in total. The summed E-state index contributed by atoms with van der Waals surface area (Å²) in [6.07, 6.45) is 4.44. The molecule has 1 aromatic rings. The van der Waals surface area contributed by atoms with E-state index in [4.69, 9.17) is 14.3 Å². The Morgan fingerprint density at radius 1 is 1.24 bits per heavy atom. The summed E-state index contributed by atoms with van der Waals surface area (Å²) in [6, 6.07) is 5.39. The first-order valence-corrected chi connectivity index (χ1v) is 10.1. The van der Waals surface area contributed by atoms with Crippen molar-refractivity contribution in [2.24, 2.45) is 0 Å². The van der Waals surface area contributed by atoms with Crippen LogP contribution >= 0.6 is 7.82 Å². The number of hydrogen-bond acceptors (Lipinski definition) is 4. The van der Waals surface area contributed by atoms with Crippen molar-refractivity contribution >= 4 is 13.7 Å². The van der Waals surface area contributed by atoms with E-state index in [9.17, 15) is 14.5 Å². The van der Waals surface area contributed by atoms with Crippen molar-refractivity contribution in [3.63, 3.8) is 0 Å². The second-order valence-electron chi connectivity index (χ2n) is 6.11. The number of amides is 1. The molecule has 1 aromatic carbocycles. The molecule has 0 aliphatic carbocycles. The van der Waals surface area contributed by atoms with E-state index in [-0.39, 0.29) is 11.7 Å². The number of carbonyl (C=O) groups excluding carboxylic acids is 1. The molecule has 25 heavy (non-hydrogen) atoms. The molecule has 142 valence electrons. The Hall–Kier alpha value is -1.40. The predicted molar refractivity (Wildman–Crippen MR) is 95.0 cm³/mol. The molecule has 0 fully saturated rings. The van der Waals surface area contributed by atoms with E-state index in [1.54, 1.807) is 12.1 Å². The highest BCUT2D eigenvalue weighted by molar-refractivity contribution is 7.46. The van der Waals surface area contributed by atoms with E-state index in [0.717, 1.165) is 32.1 Å². The van der Waals surface area contributed by atoms with Crippen LogP contribution in [0.1, 0.15) is 64.0 Å². The third-order valence-corrected chi connectivity index (χ3v) is 4.43. The quantitative estimate of drug-likeness (QED) is 0.349. The first kappa shape index (κ1) is 21.6. The first-order valence-electron chi connectivity index (χ1n) is 8.55. The van der Waals surface area contributed by atoms with Gasteiger partial charge in [-0.1, -0.05) is 44.7 Å². The van der Waals surface area contributed by atoms with E-state index in [0.29, 0.717) is 12.0 Å². The summed E-state index contributed by atoms with van der Waals surface area (Å²) in [5.74, 6) is -0.217. The molecule has 0 bridgehead atoms. The van der Waals surface area contributed by atoms with Gasteiger partial charge in [0.15, 0.2) is 0 Å². The van der Waals surface area contributed by atoms with Gasteiger partial charge in [-0.05, 0) is 31.0 Å². The maximum atomic E-state index is 12.2. The molecule has 1 rings (SSSR count). The normalized spacial score (nSPS) is 14.1. The Morgan fingerprint density at radius 3 is 2.52 bits per heavy atom. The molecule has 0 aliphatic rings. The van der Waals surface area contributed by atoms with E-state index < -0.39 is 20.0 Å². The summed E-state index contributed by atoms with van der Waals surface area (Å²) >= 11 is 0. The number of phosphoric acid groups is 1. The molecule has 0 unspecified atom stereocenters. The van der Waals surface area contributed by atoms with Gasteiger partial charge in [0, 0.05) is 6.42 Å². The lowest BCUT2D eigenvalue weighted by Crippen LogP contribution is -2.35. The average Bonchev–Trinajstić information content (AvgIpc) is 2.50. The lowest BCUT2D eigenvalue weighted by atomic mass is 10.0. The van der Waals surface area contributed by atoms with Gasteiger partial charge in [-0.25, -0.2) is 4.57 Å². The third kappa shape index (κ3) is 9.02. The number of benzene rings is 1. The number of phosphoric ester groups is 1. The smallest absolute Gasteiger partial charge is 0.469 e. The van der Waals surface area contributed by atoms with Crippen molar-refractivity contribution < 1.29 is 28.8 Å². The number of rotatable bonds is 11. The molecule has 0 radical (unpaired) electrons. The largest absolute Gasteiger partial charge is 0.508 e. The SMILES string of the molecule is CCCCCCCC(=O)N[C@@H](c1cccc(O)c1)[C@@H](C)OP(=O)(O)O. The number of unbranched alkanes of at least 4 members (excludes halogenated alkanes) is 4. The zero-order valence-electron chi connectivity index (χ0n) is 14.7. The average molecular weight is 373 g/mol. The second kappa shape index (κ2) is 10.6. The van der Waals surface area contributed by atoms with Gasteiger partial charge in [-0.2, -0.15) is 0 Å². The molecule has 1 amide bonds. The van der Waals surface area contributed by atoms with E-state index in [2.05, 4.69) is 12.2 Å². The number of carbonyl (C=O) groups is 1. The van der Waals surface area contributed by atoms with E-state index in [1.165, 1.54) is 19.1 Å². The monoisotopic (exact) mass is 373 g/mol. The van der Waals surface area contributed by atoms with Crippen molar-refractivity contribution in [1.82, 2.24) is 5.32 Å². The number of hydrogen-bond donors (Lipinski definition) is 4. The zero-order valence-corrected chi connectivity index (χ0v) is 15.6. The molecular weight excluding hydrogens is 345 g/mol. The van der Waals surface area contributed by atoms with Crippen LogP contribution in [0.25, 0.3) is 0 Å². The summed E-state index contributed by atoms with van der Waals surface area (Å²) in [4.78, 5) is 30.2. The highest BCUT2D eigenvalue weighted by Gasteiger charge is 2.28. The number of nitrogens with one attached hydrogen (secondary N) is 1. The molecule has 0 spiro atoms. The Labute approximate surface area is 148 Å². The zero-order chi connectivity index (χ0) is 18.9. The molecular formula is C17H28NO6P. The lowest BCUT2D eigenvalue weighted by molar-refractivity contribution is -0.122. The maximum Gasteiger partial charge on any atom is 0.469 e. The summed E-state index contributed by atoms with van der Waals surface area (Å²) in [5, 5.41) is 12.4. The minimum atomic E-state index is -4.70. The Morgan fingerprint density at radius 2 is 1.92 bits per heavy atom. The second-order valence-corrected chi connectivity index (χ2v) is 7.30. The fourth-order valence-electron chi connectivity index (χ4n) is 2.60. The summed E-state index contributed by atoms with van der Waals surface area (Å²) in [6.45, 7) is 3.59. The molecule has 2 atom stereocenters. The van der Waals surface area contributed by atoms with Crippen molar-refractivity contribution in [3.05, 3.63) is 29.8 Å². The van der Waals surface area contributed by atoms with Crippen molar-refractivity contribution in [2.75, 3.05) is 0 Å². The molecule has 0 aliphatic heterocycles. The fourth-order valence-corrected chi connectivity index (χ4v) is 3.16. The van der Waals surface area contributed by atoms with Gasteiger partial charge in [0.25, 0.3) is 0 Å². The Balaban J connectivity index is 2.74. The van der Waals surface area contributed by atoms with Crippen molar-refractivity contribution in [3.8, 4) is 5.75 Å². The van der Waals surface area contributed by atoms with Crippen molar-refractivity contribution in [2.45, 2.75) is 64.5 Å². The van der Waals surface area contributed by atoms with E-state index >= 15 is 0 Å². The van der Waals surface area contributed by atoms with Crippen LogP contribution in [0.2, 0.25) is 0 Å². The van der Waals surface area contributed by atoms with Gasteiger partial charge in [0.1, 0.15) is 5.75 Å². The molecule has 0 saturated carbocycles. The molecule has 7 nitrogen and oxygen atoms in total. The number of phenols is 1. The van der Waals surface area contributed by atoms with Gasteiger partial charge in [0.05, 0.1) is 12.1 Å². The highest BCUT2D eigenvalue weighted by Crippen LogP contribution is 2.40. The maximum absolute atomic E-state index is 12.2. The van der Waals surface area contributed by atoms with Crippen LogP contribution in [0.4, 0.5) is 0 Å². The van der Waals surface area contributed by atoms with Gasteiger partial charge in [-0.3, -0.25) is 9.32 Å². The van der Waals surface area contributed by atoms with Crippen LogP contribution in [0.3, 0.4) is 0 Å². The minimum Gasteiger partial charge on any atom is -0.508 e. The van der Waals surface area contributed by atoms with Crippen LogP contribution < -0.4 is 5.32 Å². The van der Waals surface area contributed by atoms with Gasteiger partial charge in [-0.15, -0.1) is 0 Å². The topological polar surface area (TPSA) is 116 Å². The van der Waals surface area contributed by atoms with Crippen LogP contribution in [0.5, 0.6) is 5.75 Å². The summed E-state index contributed by atoms with van der Waals surface area (Å²) in [7, 11) is -4.70. The number of phenolic OH excluding ortho intramolecular Hbond substituents is 1. The van der Waals surface area contributed by atoms with Crippen LogP contribution in [-0.4, -0.2) is 26.9 Å². The lowest BCUT2D eigenvalue weighted by Gasteiger charge is -2.26. The molecule has 8 heteroatoms. The van der Waals surface area contributed by atoms with Crippen molar-refractivity contribution in [1.29, 1.82) is 0 Å². The third-order valence-electron chi connectivity index (χ3n) is 3.83. The Bertz CT molecular complexity index is 588. The van der Waals surface area contributed by atoms with Gasteiger partial charge >= 0.3 is 7.82 Å². The standard InChI is InChI=1S/C17H28NO6P/c1-3-4-5-6-7-11-16(20)18-17(13(2)24-25(21,22)23)14-9-8-10-15(19)12-14/h8-10,12-13,17,19H,3-7,11H2,1-2H3,(H,18,20)(H2,21,22,23)/t13-,17-/m1/s1.